The first kappa shape index (κ1) is 14.1. The van der Waals surface area contributed by atoms with E-state index in [0.717, 1.165) is 16.8 Å². The van der Waals surface area contributed by atoms with Crippen LogP contribution in [0.3, 0.4) is 0 Å². The molecule has 0 aliphatic rings. The second kappa shape index (κ2) is 5.74. The maximum Gasteiger partial charge on any atom is 0.244 e. The van der Waals surface area contributed by atoms with Gasteiger partial charge in [0.25, 0.3) is 0 Å². The average molecular weight is 272 g/mol. The summed E-state index contributed by atoms with van der Waals surface area (Å²) >= 11 is 0. The van der Waals surface area contributed by atoms with Gasteiger partial charge in [0.05, 0.1) is 0 Å². The van der Waals surface area contributed by atoms with E-state index in [9.17, 15) is 9.18 Å². The summed E-state index contributed by atoms with van der Waals surface area (Å²) in [6.07, 6.45) is 0. The highest BCUT2D eigenvalue weighted by Crippen LogP contribution is 2.25. The fraction of sp³-hybridized carbons (Fsp3) is 0.188. The van der Waals surface area contributed by atoms with Crippen LogP contribution in [0.15, 0.2) is 42.5 Å². The van der Waals surface area contributed by atoms with Gasteiger partial charge in [-0.2, -0.15) is 0 Å². The zero-order valence-electron chi connectivity index (χ0n) is 11.5. The smallest absolute Gasteiger partial charge is 0.244 e. The molecule has 0 spiro atoms. The van der Waals surface area contributed by atoms with Gasteiger partial charge in [-0.1, -0.05) is 24.3 Å². The van der Waals surface area contributed by atoms with Crippen molar-refractivity contribution in [2.45, 2.75) is 19.9 Å². The third-order valence-electron chi connectivity index (χ3n) is 3.28. The molecule has 20 heavy (non-hydrogen) atoms. The molecule has 1 amide bonds. The summed E-state index contributed by atoms with van der Waals surface area (Å²) in [5, 5.41) is 3.09. The molecule has 1 atom stereocenters. The highest BCUT2D eigenvalue weighted by molar-refractivity contribution is 5.85. The van der Waals surface area contributed by atoms with E-state index in [2.05, 4.69) is 5.32 Å². The Labute approximate surface area is 117 Å². The van der Waals surface area contributed by atoms with Gasteiger partial charge >= 0.3 is 0 Å². The molecular formula is C16H17FN2O. The van der Waals surface area contributed by atoms with Crippen LogP contribution in [-0.2, 0) is 4.79 Å². The number of para-hydroxylation sites is 1. The molecule has 2 rings (SSSR count). The quantitative estimate of drug-likeness (QED) is 0.898. The molecule has 0 radical (unpaired) electrons. The number of hydrogen-bond acceptors (Lipinski definition) is 2. The first-order valence-electron chi connectivity index (χ1n) is 6.36. The van der Waals surface area contributed by atoms with E-state index in [1.165, 1.54) is 12.1 Å². The van der Waals surface area contributed by atoms with Gasteiger partial charge in [-0.3, -0.25) is 4.79 Å². The number of nitrogens with two attached hydrogens (primary N) is 1. The number of nitrogens with one attached hydrogen (secondary N) is 1. The minimum absolute atomic E-state index is 0.386. The molecular weight excluding hydrogens is 255 g/mol. The first-order chi connectivity index (χ1) is 9.49. The number of hydrogen-bond donors (Lipinski definition) is 2. The van der Waals surface area contributed by atoms with Crippen molar-refractivity contribution in [3.05, 3.63) is 65.0 Å². The number of carbonyl (C=O) groups excluding carboxylic acids is 1. The van der Waals surface area contributed by atoms with Gasteiger partial charge in [0.1, 0.15) is 11.9 Å². The Kier molecular flexibility index (Phi) is 4.03. The van der Waals surface area contributed by atoms with Gasteiger partial charge in [-0.05, 0) is 48.7 Å². The van der Waals surface area contributed by atoms with Crippen molar-refractivity contribution < 1.29 is 9.18 Å². The van der Waals surface area contributed by atoms with Crippen LogP contribution in [0.1, 0.15) is 22.7 Å². The molecule has 0 saturated carbocycles. The summed E-state index contributed by atoms with van der Waals surface area (Å²) in [6.45, 7) is 3.75. The normalized spacial score (nSPS) is 11.9. The predicted molar refractivity (Wildman–Crippen MR) is 77.9 cm³/mol. The van der Waals surface area contributed by atoms with Crippen molar-refractivity contribution in [1.29, 1.82) is 0 Å². The van der Waals surface area contributed by atoms with Crippen molar-refractivity contribution in [2.24, 2.45) is 5.73 Å². The number of halogens is 1. The number of anilines is 1. The maximum atomic E-state index is 13.4. The Hall–Kier alpha value is -2.36. The Morgan fingerprint density at radius 3 is 2.50 bits per heavy atom. The lowest BCUT2D eigenvalue weighted by Crippen LogP contribution is -2.28. The Bertz CT molecular complexity index is 640. The number of primary amides is 1. The summed E-state index contributed by atoms with van der Waals surface area (Å²) in [5.41, 5.74) is 8.63. The molecule has 0 bridgehead atoms. The van der Waals surface area contributed by atoms with Crippen molar-refractivity contribution in [3.8, 4) is 0 Å². The van der Waals surface area contributed by atoms with Crippen LogP contribution in [0.2, 0.25) is 0 Å². The molecule has 0 saturated heterocycles. The molecule has 3 N–H and O–H groups in total. The number of amides is 1. The van der Waals surface area contributed by atoms with Crippen molar-refractivity contribution in [2.75, 3.05) is 5.32 Å². The molecule has 3 nitrogen and oxygen atoms in total. The molecule has 2 aromatic carbocycles. The van der Waals surface area contributed by atoms with E-state index >= 15 is 0 Å². The van der Waals surface area contributed by atoms with Crippen LogP contribution in [0.25, 0.3) is 0 Å². The zero-order valence-corrected chi connectivity index (χ0v) is 11.5. The summed E-state index contributed by atoms with van der Waals surface area (Å²) in [5.74, 6) is -0.926. The lowest BCUT2D eigenvalue weighted by atomic mass is 10.00. The van der Waals surface area contributed by atoms with E-state index in [1.807, 2.05) is 38.1 Å². The second-order valence-corrected chi connectivity index (χ2v) is 4.80. The fourth-order valence-corrected chi connectivity index (χ4v) is 2.11. The van der Waals surface area contributed by atoms with Gasteiger partial charge < -0.3 is 11.1 Å². The van der Waals surface area contributed by atoms with Gasteiger partial charge in [0.15, 0.2) is 0 Å². The van der Waals surface area contributed by atoms with Gasteiger partial charge in [-0.25, -0.2) is 4.39 Å². The van der Waals surface area contributed by atoms with Gasteiger partial charge in [0.2, 0.25) is 5.91 Å². The third kappa shape index (κ3) is 2.96. The molecule has 0 aliphatic heterocycles. The molecule has 0 aromatic heterocycles. The number of carbonyl (C=O) groups is 1. The number of benzene rings is 2. The molecule has 1 unspecified atom stereocenters. The van der Waals surface area contributed by atoms with E-state index in [4.69, 9.17) is 5.73 Å². The van der Waals surface area contributed by atoms with E-state index in [1.54, 1.807) is 6.07 Å². The average Bonchev–Trinajstić information content (AvgIpc) is 2.40. The van der Waals surface area contributed by atoms with Crippen LogP contribution in [-0.4, -0.2) is 5.91 Å². The lowest BCUT2D eigenvalue weighted by molar-refractivity contribution is -0.118. The summed E-state index contributed by atoms with van der Waals surface area (Å²) in [4.78, 5) is 11.7. The molecule has 0 fully saturated rings. The van der Waals surface area contributed by atoms with Crippen LogP contribution in [0.5, 0.6) is 0 Å². The minimum atomic E-state index is -0.758. The monoisotopic (exact) mass is 272 g/mol. The lowest BCUT2D eigenvalue weighted by Gasteiger charge is -2.20. The third-order valence-corrected chi connectivity index (χ3v) is 3.28. The van der Waals surface area contributed by atoms with E-state index in [0.29, 0.717) is 5.56 Å². The Morgan fingerprint density at radius 2 is 1.85 bits per heavy atom. The van der Waals surface area contributed by atoms with E-state index in [-0.39, 0.29) is 5.82 Å². The largest absolute Gasteiger partial charge is 0.370 e. The SMILES string of the molecule is Cc1ccccc1NC(C(N)=O)c1cc(F)ccc1C. The Morgan fingerprint density at radius 1 is 1.15 bits per heavy atom. The maximum absolute atomic E-state index is 13.4. The van der Waals surface area contributed by atoms with Crippen LogP contribution < -0.4 is 11.1 Å². The molecule has 104 valence electrons. The number of rotatable bonds is 4. The topological polar surface area (TPSA) is 55.1 Å². The highest BCUT2D eigenvalue weighted by Gasteiger charge is 2.20. The van der Waals surface area contributed by atoms with Gasteiger partial charge in [0, 0.05) is 5.69 Å². The molecule has 0 heterocycles. The predicted octanol–water partition coefficient (Wildman–Crippen LogP) is 3.08. The van der Waals surface area contributed by atoms with Crippen molar-refractivity contribution in [3.63, 3.8) is 0 Å². The van der Waals surface area contributed by atoms with E-state index < -0.39 is 11.9 Å². The fourth-order valence-electron chi connectivity index (χ4n) is 2.11. The molecule has 4 heteroatoms. The highest BCUT2D eigenvalue weighted by atomic mass is 19.1. The number of aryl methyl sites for hydroxylation is 2. The van der Waals surface area contributed by atoms with Crippen molar-refractivity contribution >= 4 is 11.6 Å². The zero-order chi connectivity index (χ0) is 14.7. The molecule has 2 aromatic rings. The van der Waals surface area contributed by atoms with Crippen LogP contribution in [0.4, 0.5) is 10.1 Å². The summed E-state index contributed by atoms with van der Waals surface area (Å²) < 4.78 is 13.4. The van der Waals surface area contributed by atoms with Crippen LogP contribution >= 0.6 is 0 Å². The Balaban J connectivity index is 2.40. The van der Waals surface area contributed by atoms with Crippen molar-refractivity contribution in [1.82, 2.24) is 0 Å². The minimum Gasteiger partial charge on any atom is -0.370 e. The summed E-state index contributed by atoms with van der Waals surface area (Å²) in [7, 11) is 0. The summed E-state index contributed by atoms with van der Waals surface area (Å²) in [6, 6.07) is 11.2. The second-order valence-electron chi connectivity index (χ2n) is 4.80. The van der Waals surface area contributed by atoms with Crippen LogP contribution in [0, 0.1) is 19.7 Å². The molecule has 0 aliphatic carbocycles. The standard InChI is InChI=1S/C16H17FN2O/c1-10-7-8-12(17)9-13(10)15(16(18)20)19-14-6-4-3-5-11(14)2/h3-9,15,19H,1-2H3,(H2,18,20). The van der Waals surface area contributed by atoms with Gasteiger partial charge in [-0.15, -0.1) is 0 Å². The first-order valence-corrected chi connectivity index (χ1v) is 6.36.